The zero-order chi connectivity index (χ0) is 12.3. The van der Waals surface area contributed by atoms with Crippen molar-refractivity contribution in [3.05, 3.63) is 26.8 Å². The van der Waals surface area contributed by atoms with Gasteiger partial charge in [-0.1, -0.05) is 11.6 Å². The molecule has 0 saturated carbocycles. The smallest absolute Gasteiger partial charge is 0.231 e. The minimum atomic E-state index is -0.603. The highest BCUT2D eigenvalue weighted by molar-refractivity contribution is 14.1. The molecule has 1 aromatic carbocycles. The third kappa shape index (κ3) is 3.50. The summed E-state index contributed by atoms with van der Waals surface area (Å²) in [6, 6.07) is 5.47. The van der Waals surface area contributed by atoms with Crippen molar-refractivity contribution in [1.29, 1.82) is 0 Å². The predicted octanol–water partition coefficient (Wildman–Crippen LogP) is 4.15. The van der Waals surface area contributed by atoms with Crippen LogP contribution in [0.5, 0.6) is 0 Å². The SMILES string of the molecule is CC(C)(CCl)C(=O)Nc1ccc(I)cc1Cl. The number of carbonyl (C=O) groups excluding carboxylic acids is 1. The maximum atomic E-state index is 11.8. The quantitative estimate of drug-likeness (QED) is 0.627. The zero-order valence-corrected chi connectivity index (χ0v) is 12.7. The van der Waals surface area contributed by atoms with E-state index >= 15 is 0 Å². The molecule has 0 aromatic heterocycles. The first-order valence-electron chi connectivity index (χ1n) is 4.69. The van der Waals surface area contributed by atoms with Crippen LogP contribution >= 0.6 is 45.8 Å². The number of hydrogen-bond acceptors (Lipinski definition) is 1. The van der Waals surface area contributed by atoms with Gasteiger partial charge in [0.1, 0.15) is 0 Å². The number of rotatable bonds is 3. The molecule has 0 fully saturated rings. The first-order chi connectivity index (χ1) is 7.36. The van der Waals surface area contributed by atoms with Gasteiger partial charge in [0.25, 0.3) is 0 Å². The average molecular weight is 372 g/mol. The van der Waals surface area contributed by atoms with Gasteiger partial charge in [-0.15, -0.1) is 11.6 Å². The van der Waals surface area contributed by atoms with Crippen molar-refractivity contribution in [3.8, 4) is 0 Å². The molecule has 88 valence electrons. The second kappa shape index (κ2) is 5.56. The third-order valence-electron chi connectivity index (χ3n) is 2.13. The molecule has 0 heterocycles. The molecular weight excluding hydrogens is 360 g/mol. The lowest BCUT2D eigenvalue weighted by molar-refractivity contribution is -0.122. The van der Waals surface area contributed by atoms with Crippen LogP contribution in [0.2, 0.25) is 5.02 Å². The van der Waals surface area contributed by atoms with E-state index in [-0.39, 0.29) is 11.8 Å². The van der Waals surface area contributed by atoms with E-state index in [4.69, 9.17) is 23.2 Å². The third-order valence-corrected chi connectivity index (χ3v) is 3.78. The summed E-state index contributed by atoms with van der Waals surface area (Å²) in [5, 5.41) is 3.30. The molecule has 0 atom stereocenters. The average Bonchev–Trinajstić information content (AvgIpc) is 2.22. The molecule has 0 aliphatic carbocycles. The van der Waals surface area contributed by atoms with E-state index in [0.29, 0.717) is 10.7 Å². The van der Waals surface area contributed by atoms with Gasteiger partial charge in [-0.05, 0) is 54.6 Å². The summed E-state index contributed by atoms with van der Waals surface area (Å²) in [6.07, 6.45) is 0. The van der Waals surface area contributed by atoms with Crippen LogP contribution in [0.1, 0.15) is 13.8 Å². The van der Waals surface area contributed by atoms with Crippen molar-refractivity contribution in [2.24, 2.45) is 5.41 Å². The lowest BCUT2D eigenvalue weighted by Crippen LogP contribution is -2.32. The van der Waals surface area contributed by atoms with Crippen molar-refractivity contribution >= 4 is 57.4 Å². The van der Waals surface area contributed by atoms with Gasteiger partial charge in [-0.3, -0.25) is 4.79 Å². The van der Waals surface area contributed by atoms with Crippen molar-refractivity contribution in [3.63, 3.8) is 0 Å². The molecule has 1 amide bonds. The second-order valence-electron chi connectivity index (χ2n) is 4.10. The Labute approximate surface area is 119 Å². The Morgan fingerprint density at radius 3 is 2.62 bits per heavy atom. The maximum absolute atomic E-state index is 11.8. The minimum Gasteiger partial charge on any atom is -0.324 e. The molecule has 0 aliphatic heterocycles. The predicted molar refractivity (Wildman–Crippen MR) is 77.3 cm³/mol. The number of carbonyl (C=O) groups is 1. The van der Waals surface area contributed by atoms with Crippen LogP contribution in [0, 0.1) is 8.99 Å². The van der Waals surface area contributed by atoms with Gasteiger partial charge in [0.15, 0.2) is 0 Å². The molecule has 1 rings (SSSR count). The van der Waals surface area contributed by atoms with Gasteiger partial charge in [0, 0.05) is 9.45 Å². The Hall–Kier alpha value is -0.0000000000000000555. The summed E-state index contributed by atoms with van der Waals surface area (Å²) < 4.78 is 1.03. The van der Waals surface area contributed by atoms with Gasteiger partial charge in [-0.2, -0.15) is 0 Å². The summed E-state index contributed by atoms with van der Waals surface area (Å²) in [6.45, 7) is 3.58. The Kier molecular flexibility index (Phi) is 4.88. The standard InChI is InChI=1S/C11H12Cl2INO/c1-11(2,6-12)10(16)15-9-4-3-7(14)5-8(9)13/h3-5H,6H2,1-2H3,(H,15,16). The van der Waals surface area contributed by atoms with E-state index in [1.165, 1.54) is 0 Å². The van der Waals surface area contributed by atoms with Crippen molar-refractivity contribution in [2.45, 2.75) is 13.8 Å². The number of amides is 1. The minimum absolute atomic E-state index is 0.134. The highest BCUT2D eigenvalue weighted by atomic mass is 127. The molecule has 0 spiro atoms. The number of hydrogen-bond donors (Lipinski definition) is 1. The van der Waals surface area contributed by atoms with Crippen LogP contribution in [0.3, 0.4) is 0 Å². The summed E-state index contributed by atoms with van der Waals surface area (Å²) in [4.78, 5) is 11.8. The van der Waals surface area contributed by atoms with Crippen molar-refractivity contribution in [1.82, 2.24) is 0 Å². The van der Waals surface area contributed by atoms with Crippen molar-refractivity contribution < 1.29 is 4.79 Å². The van der Waals surface area contributed by atoms with Crippen LogP contribution in [-0.2, 0) is 4.79 Å². The number of benzene rings is 1. The Balaban J connectivity index is 2.85. The van der Waals surface area contributed by atoms with E-state index in [1.54, 1.807) is 26.0 Å². The lowest BCUT2D eigenvalue weighted by Gasteiger charge is -2.20. The first-order valence-corrected chi connectivity index (χ1v) is 6.68. The van der Waals surface area contributed by atoms with E-state index in [0.717, 1.165) is 3.57 Å². The van der Waals surface area contributed by atoms with E-state index < -0.39 is 5.41 Å². The molecule has 0 saturated heterocycles. The molecule has 0 radical (unpaired) electrons. The Bertz CT molecular complexity index is 407. The molecule has 0 bridgehead atoms. The fourth-order valence-electron chi connectivity index (χ4n) is 0.943. The molecule has 2 nitrogen and oxygen atoms in total. The fraction of sp³-hybridized carbons (Fsp3) is 0.364. The van der Waals surface area contributed by atoms with Gasteiger partial charge >= 0.3 is 0 Å². The topological polar surface area (TPSA) is 29.1 Å². The molecule has 1 N–H and O–H groups in total. The molecule has 0 unspecified atom stereocenters. The first kappa shape index (κ1) is 14.1. The van der Waals surface area contributed by atoms with Crippen LogP contribution in [0.25, 0.3) is 0 Å². The van der Waals surface area contributed by atoms with Crippen LogP contribution in [0.15, 0.2) is 18.2 Å². The Morgan fingerprint density at radius 2 is 2.12 bits per heavy atom. The number of alkyl halides is 1. The van der Waals surface area contributed by atoms with Gasteiger partial charge < -0.3 is 5.32 Å². The van der Waals surface area contributed by atoms with E-state index in [1.807, 2.05) is 6.07 Å². The van der Waals surface area contributed by atoms with Crippen LogP contribution in [-0.4, -0.2) is 11.8 Å². The monoisotopic (exact) mass is 371 g/mol. The second-order valence-corrected chi connectivity index (χ2v) is 6.02. The van der Waals surface area contributed by atoms with Crippen LogP contribution in [0.4, 0.5) is 5.69 Å². The number of halogens is 3. The zero-order valence-electron chi connectivity index (χ0n) is 8.98. The van der Waals surface area contributed by atoms with Crippen LogP contribution < -0.4 is 5.32 Å². The van der Waals surface area contributed by atoms with Crippen molar-refractivity contribution in [2.75, 3.05) is 11.2 Å². The molecule has 0 aliphatic rings. The van der Waals surface area contributed by atoms with Gasteiger partial charge in [0.05, 0.1) is 16.1 Å². The molecule has 16 heavy (non-hydrogen) atoms. The van der Waals surface area contributed by atoms with Gasteiger partial charge in [-0.25, -0.2) is 0 Å². The fourth-order valence-corrected chi connectivity index (χ4v) is 1.97. The highest BCUT2D eigenvalue weighted by Gasteiger charge is 2.26. The molecule has 1 aromatic rings. The summed E-state index contributed by atoms with van der Waals surface area (Å²) in [5.74, 6) is 0.131. The van der Waals surface area contributed by atoms with E-state index in [2.05, 4.69) is 27.9 Å². The maximum Gasteiger partial charge on any atom is 0.231 e. The largest absolute Gasteiger partial charge is 0.324 e. The molecule has 5 heteroatoms. The normalized spacial score (nSPS) is 11.3. The molecular formula is C11H12Cl2INO. The Morgan fingerprint density at radius 1 is 1.50 bits per heavy atom. The number of anilines is 1. The summed E-state index contributed by atoms with van der Waals surface area (Å²) >= 11 is 13.9. The van der Waals surface area contributed by atoms with Gasteiger partial charge in [0.2, 0.25) is 5.91 Å². The van der Waals surface area contributed by atoms with E-state index in [9.17, 15) is 4.79 Å². The lowest BCUT2D eigenvalue weighted by atomic mass is 9.95. The summed E-state index contributed by atoms with van der Waals surface area (Å²) in [5.41, 5.74) is 0.0127. The highest BCUT2D eigenvalue weighted by Crippen LogP contribution is 2.26. The number of nitrogens with one attached hydrogen (secondary N) is 1. The summed E-state index contributed by atoms with van der Waals surface area (Å²) in [7, 11) is 0.